The van der Waals surface area contributed by atoms with E-state index < -0.39 is 23.7 Å². The third-order valence-corrected chi connectivity index (χ3v) is 11.2. The van der Waals surface area contributed by atoms with Crippen molar-refractivity contribution in [1.29, 1.82) is 0 Å². The van der Waals surface area contributed by atoms with Crippen molar-refractivity contribution >= 4 is 52.5 Å². The molecule has 0 radical (unpaired) electrons. The fourth-order valence-electron chi connectivity index (χ4n) is 7.27. The molecule has 1 aromatic carbocycles. The van der Waals surface area contributed by atoms with E-state index in [4.69, 9.17) is 9.15 Å². The number of carbonyl (C=O) groups excluding carboxylic acids is 4. The number of thiazole rings is 1. The number of imide groups is 1. The van der Waals surface area contributed by atoms with Gasteiger partial charge in [-0.2, -0.15) is 0 Å². The lowest BCUT2D eigenvalue weighted by molar-refractivity contribution is -0.143. The molecule has 2 saturated carbocycles. The number of hydrogen-bond acceptors (Lipinski definition) is 9. The van der Waals surface area contributed by atoms with Gasteiger partial charge in [-0.3, -0.25) is 24.1 Å². The molecule has 2 N–H and O–H groups in total. The van der Waals surface area contributed by atoms with E-state index in [0.29, 0.717) is 11.3 Å². The molecule has 7 atom stereocenters. The van der Waals surface area contributed by atoms with E-state index in [1.54, 1.807) is 49.2 Å². The Hall–Kier alpha value is -3.64. The SMILES string of the molecule is CCOC(=O)c1ccc(NC(=O)CN2C(=O)C3C4CC(C3C2=O)C2C4Sc3[nH]c(=O)sc3[C@@H]2c2ccco2)cc1. The smallest absolute Gasteiger partial charge is 0.338 e. The van der Waals surface area contributed by atoms with Crippen molar-refractivity contribution in [3.63, 3.8) is 0 Å². The van der Waals surface area contributed by atoms with Gasteiger partial charge in [0.15, 0.2) is 0 Å². The van der Waals surface area contributed by atoms with Gasteiger partial charge in [0.05, 0.1) is 46.1 Å². The van der Waals surface area contributed by atoms with E-state index >= 15 is 0 Å². The quantitative estimate of drug-likeness (QED) is 0.335. The van der Waals surface area contributed by atoms with Gasteiger partial charge in [-0.25, -0.2) is 4.79 Å². The highest BCUT2D eigenvalue weighted by Crippen LogP contribution is 2.68. The van der Waals surface area contributed by atoms with Crippen molar-refractivity contribution in [2.75, 3.05) is 18.5 Å². The number of carbonyl (C=O) groups is 4. The molecule has 4 aliphatic rings. The Morgan fingerprint density at radius 2 is 1.85 bits per heavy atom. The van der Waals surface area contributed by atoms with Gasteiger partial charge in [-0.1, -0.05) is 11.3 Å². The molecule has 4 heterocycles. The number of nitrogens with zero attached hydrogens (tertiary/aromatic N) is 1. The number of rotatable bonds is 6. The first-order chi connectivity index (χ1) is 19.4. The van der Waals surface area contributed by atoms with Crippen LogP contribution in [-0.4, -0.2) is 52.0 Å². The van der Waals surface area contributed by atoms with Gasteiger partial charge in [0.25, 0.3) is 0 Å². The molecule has 2 aliphatic heterocycles. The average Bonchev–Trinajstić information content (AvgIpc) is 3.75. The molecule has 12 heteroatoms. The summed E-state index contributed by atoms with van der Waals surface area (Å²) < 4.78 is 10.8. The largest absolute Gasteiger partial charge is 0.469 e. The third-order valence-electron chi connectivity index (χ3n) is 8.65. The van der Waals surface area contributed by atoms with Gasteiger partial charge in [-0.05, 0) is 67.5 Å². The molecule has 3 fully saturated rings. The van der Waals surface area contributed by atoms with Gasteiger partial charge in [0.1, 0.15) is 12.3 Å². The molecule has 2 bridgehead atoms. The lowest BCUT2D eigenvalue weighted by Gasteiger charge is -2.42. The summed E-state index contributed by atoms with van der Waals surface area (Å²) in [5.41, 5.74) is 0.805. The number of amides is 3. The van der Waals surface area contributed by atoms with E-state index in [1.165, 1.54) is 11.3 Å². The summed E-state index contributed by atoms with van der Waals surface area (Å²) in [4.78, 5) is 69.1. The molecule has 7 rings (SSSR count). The van der Waals surface area contributed by atoms with Crippen LogP contribution in [-0.2, 0) is 19.1 Å². The lowest BCUT2D eigenvalue weighted by atomic mass is 9.69. The van der Waals surface area contributed by atoms with E-state index in [1.807, 2.05) is 12.1 Å². The Kier molecular flexibility index (Phi) is 6.00. The Morgan fingerprint density at radius 1 is 1.10 bits per heavy atom. The van der Waals surface area contributed by atoms with Crippen molar-refractivity contribution in [2.24, 2.45) is 29.6 Å². The Morgan fingerprint density at radius 3 is 2.55 bits per heavy atom. The summed E-state index contributed by atoms with van der Waals surface area (Å²) in [7, 11) is 0. The van der Waals surface area contributed by atoms with Crippen LogP contribution in [0.4, 0.5) is 5.69 Å². The zero-order valence-corrected chi connectivity index (χ0v) is 23.0. The second-order valence-corrected chi connectivity index (χ2v) is 12.8. The van der Waals surface area contributed by atoms with E-state index in [0.717, 1.165) is 27.0 Å². The number of fused-ring (bicyclic) bond motifs is 9. The minimum absolute atomic E-state index is 0.0288. The number of nitrogens with one attached hydrogen (secondary N) is 2. The normalized spacial score (nSPS) is 29.7. The molecule has 6 unspecified atom stereocenters. The third kappa shape index (κ3) is 3.80. The number of aromatic nitrogens is 1. The topological polar surface area (TPSA) is 139 Å². The number of furan rings is 1. The maximum Gasteiger partial charge on any atom is 0.338 e. The number of hydrogen-bond donors (Lipinski definition) is 2. The summed E-state index contributed by atoms with van der Waals surface area (Å²) in [6.45, 7) is 1.62. The summed E-state index contributed by atoms with van der Waals surface area (Å²) >= 11 is 2.79. The first kappa shape index (κ1) is 25.3. The second-order valence-electron chi connectivity index (χ2n) is 10.6. The minimum Gasteiger partial charge on any atom is -0.469 e. The molecule has 206 valence electrons. The van der Waals surface area contributed by atoms with Crippen LogP contribution in [0.1, 0.15) is 40.3 Å². The Balaban J connectivity index is 1.10. The van der Waals surface area contributed by atoms with E-state index in [2.05, 4.69) is 10.3 Å². The van der Waals surface area contributed by atoms with Crippen molar-refractivity contribution in [2.45, 2.75) is 29.5 Å². The number of aromatic amines is 1. The molecule has 1 saturated heterocycles. The average molecular weight is 580 g/mol. The number of likely N-dealkylation sites (tertiary alicyclic amines) is 1. The molecule has 0 spiro atoms. The van der Waals surface area contributed by atoms with Gasteiger partial charge >= 0.3 is 10.8 Å². The number of ether oxygens (including phenoxy) is 1. The molecule has 3 amide bonds. The summed E-state index contributed by atoms with van der Waals surface area (Å²) in [5, 5.41) is 3.60. The van der Waals surface area contributed by atoms with Gasteiger partial charge in [-0.15, -0.1) is 11.8 Å². The zero-order valence-electron chi connectivity index (χ0n) is 21.3. The lowest BCUT2D eigenvalue weighted by Crippen LogP contribution is -2.42. The standard InChI is InChI=1S/C28H25N3O7S2/c1-2-37-27(35)12-5-7-13(8-6-12)29-17(32)11-31-25(33)19-14-10-15(20(19)26(31)34)22-18(14)21(16-4-3-9-38-16)23-24(39-22)30-28(36)40-23/h3-9,14-15,18-22H,2,10-11H2,1H3,(H,29,32)(H,30,36)/t14?,15?,18?,19?,20?,21-,22?/m1/s1. The van der Waals surface area contributed by atoms with Crippen molar-refractivity contribution in [3.8, 4) is 0 Å². The number of benzene rings is 1. The molecular weight excluding hydrogens is 554 g/mol. The van der Waals surface area contributed by atoms with Gasteiger partial charge in [0.2, 0.25) is 17.7 Å². The highest BCUT2D eigenvalue weighted by atomic mass is 32.2. The van der Waals surface area contributed by atoms with Crippen molar-refractivity contribution in [3.05, 3.63) is 68.5 Å². The first-order valence-corrected chi connectivity index (χ1v) is 14.9. The van der Waals surface area contributed by atoms with Crippen LogP contribution in [0.3, 0.4) is 0 Å². The molecule has 2 aliphatic carbocycles. The monoisotopic (exact) mass is 579 g/mol. The fourth-order valence-corrected chi connectivity index (χ4v) is 10.1. The molecule has 3 aromatic rings. The number of esters is 1. The fraction of sp³-hybridized carbons (Fsp3) is 0.393. The molecule has 40 heavy (non-hydrogen) atoms. The van der Waals surface area contributed by atoms with E-state index in [9.17, 15) is 24.0 Å². The highest BCUT2D eigenvalue weighted by molar-refractivity contribution is 8.00. The van der Waals surface area contributed by atoms with Crippen LogP contribution in [0, 0.1) is 29.6 Å². The molecular formula is C28H25N3O7S2. The first-order valence-electron chi connectivity index (χ1n) is 13.2. The van der Waals surface area contributed by atoms with Crippen LogP contribution in [0.2, 0.25) is 0 Å². The van der Waals surface area contributed by atoms with Crippen LogP contribution in [0.25, 0.3) is 0 Å². The Bertz CT molecular complexity index is 1580. The molecule has 10 nitrogen and oxygen atoms in total. The second kappa shape index (κ2) is 9.48. The molecule has 2 aromatic heterocycles. The predicted molar refractivity (Wildman–Crippen MR) is 145 cm³/mol. The number of anilines is 1. The van der Waals surface area contributed by atoms with E-state index in [-0.39, 0.29) is 58.8 Å². The predicted octanol–water partition coefficient (Wildman–Crippen LogP) is 3.32. The Labute approximate surface area is 236 Å². The number of H-pyrrole nitrogens is 1. The van der Waals surface area contributed by atoms with Crippen LogP contribution < -0.4 is 10.2 Å². The zero-order chi connectivity index (χ0) is 27.7. The van der Waals surface area contributed by atoms with Crippen LogP contribution >= 0.6 is 23.1 Å². The van der Waals surface area contributed by atoms with Crippen LogP contribution in [0.15, 0.2) is 56.9 Å². The van der Waals surface area contributed by atoms with Gasteiger partial charge < -0.3 is 19.5 Å². The summed E-state index contributed by atoms with van der Waals surface area (Å²) in [6.07, 6.45) is 2.38. The van der Waals surface area contributed by atoms with Gasteiger partial charge in [0, 0.05) is 10.9 Å². The van der Waals surface area contributed by atoms with Crippen molar-refractivity contribution in [1.82, 2.24) is 9.88 Å². The summed E-state index contributed by atoms with van der Waals surface area (Å²) in [5.74, 6) is -1.91. The van der Waals surface area contributed by atoms with Crippen LogP contribution in [0.5, 0.6) is 0 Å². The maximum atomic E-state index is 13.7. The summed E-state index contributed by atoms with van der Waals surface area (Å²) in [6, 6.07) is 9.98. The van der Waals surface area contributed by atoms with Crippen molar-refractivity contribution < 1.29 is 28.3 Å². The minimum atomic E-state index is -0.488. The highest BCUT2D eigenvalue weighted by Gasteiger charge is 2.69. The maximum absolute atomic E-state index is 13.7. The number of thioether (sulfide) groups is 1.